The van der Waals surface area contributed by atoms with E-state index in [0.29, 0.717) is 13.1 Å². The van der Waals surface area contributed by atoms with Gasteiger partial charge in [-0.05, 0) is 50.6 Å². The van der Waals surface area contributed by atoms with E-state index >= 15 is 0 Å². The number of rotatable bonds is 4. The number of nitrogens with zero attached hydrogens (tertiary/aromatic N) is 2. The Hall–Kier alpha value is -0.910. The van der Waals surface area contributed by atoms with Crippen LogP contribution >= 0.6 is 0 Å². The van der Waals surface area contributed by atoms with E-state index in [9.17, 15) is 8.42 Å². The summed E-state index contributed by atoms with van der Waals surface area (Å²) in [6, 6.07) is 8.70. The van der Waals surface area contributed by atoms with E-state index in [1.165, 1.54) is 17.5 Å². The van der Waals surface area contributed by atoms with E-state index in [1.54, 1.807) is 11.2 Å². The Morgan fingerprint density at radius 2 is 2.00 bits per heavy atom. The molecule has 0 aromatic heterocycles. The number of aryl methyl sites for hydroxylation is 1. The number of likely N-dealkylation sites (tertiary alicyclic amines) is 1. The molecule has 5 heteroatoms. The van der Waals surface area contributed by atoms with Gasteiger partial charge in [0.15, 0.2) is 0 Å². The molecule has 2 fully saturated rings. The van der Waals surface area contributed by atoms with Crippen LogP contribution in [-0.2, 0) is 16.6 Å². The van der Waals surface area contributed by atoms with Crippen molar-refractivity contribution in [1.29, 1.82) is 0 Å². The minimum atomic E-state index is -3.04. The molecule has 0 radical (unpaired) electrons. The number of hydrogen-bond acceptors (Lipinski definition) is 3. The average molecular weight is 337 g/mol. The SMILES string of the molecule is CCS(=O)(=O)N1CC[C@@]2(CCCN(Cc3cccc(C)c3)C2)C1. The highest BCUT2D eigenvalue weighted by Gasteiger charge is 2.44. The maximum Gasteiger partial charge on any atom is 0.213 e. The van der Waals surface area contributed by atoms with Crippen LogP contribution in [0.25, 0.3) is 0 Å². The van der Waals surface area contributed by atoms with Crippen LogP contribution in [0.3, 0.4) is 0 Å². The molecule has 1 atom stereocenters. The van der Waals surface area contributed by atoms with Crippen LogP contribution in [0, 0.1) is 12.3 Å². The van der Waals surface area contributed by atoms with Crippen LogP contribution in [0.4, 0.5) is 0 Å². The van der Waals surface area contributed by atoms with Crippen LogP contribution in [0.15, 0.2) is 24.3 Å². The van der Waals surface area contributed by atoms with E-state index in [1.807, 2.05) is 0 Å². The summed E-state index contributed by atoms with van der Waals surface area (Å²) in [4.78, 5) is 2.51. The second-order valence-electron chi connectivity index (χ2n) is 7.29. The van der Waals surface area contributed by atoms with Crippen molar-refractivity contribution in [1.82, 2.24) is 9.21 Å². The Labute approximate surface area is 140 Å². The van der Waals surface area contributed by atoms with Gasteiger partial charge in [-0.15, -0.1) is 0 Å². The molecule has 1 spiro atoms. The lowest BCUT2D eigenvalue weighted by Gasteiger charge is -2.40. The van der Waals surface area contributed by atoms with Crippen molar-refractivity contribution in [2.24, 2.45) is 5.41 Å². The fraction of sp³-hybridized carbons (Fsp3) is 0.667. The summed E-state index contributed by atoms with van der Waals surface area (Å²) in [7, 11) is -3.04. The van der Waals surface area contributed by atoms with E-state index in [0.717, 1.165) is 32.5 Å². The fourth-order valence-corrected chi connectivity index (χ4v) is 5.37. The molecule has 0 bridgehead atoms. The highest BCUT2D eigenvalue weighted by molar-refractivity contribution is 7.89. The molecule has 0 unspecified atom stereocenters. The Kier molecular flexibility index (Phi) is 4.81. The molecule has 2 aliphatic rings. The zero-order valence-corrected chi connectivity index (χ0v) is 15.1. The van der Waals surface area contributed by atoms with Crippen molar-refractivity contribution in [2.75, 3.05) is 31.9 Å². The van der Waals surface area contributed by atoms with Gasteiger partial charge in [0.25, 0.3) is 0 Å². The minimum Gasteiger partial charge on any atom is -0.298 e. The zero-order chi connectivity index (χ0) is 16.5. The lowest BCUT2D eigenvalue weighted by molar-refractivity contribution is 0.0935. The topological polar surface area (TPSA) is 40.6 Å². The summed E-state index contributed by atoms with van der Waals surface area (Å²) in [6.45, 7) is 8.41. The molecule has 2 saturated heterocycles. The molecule has 0 aliphatic carbocycles. The van der Waals surface area contributed by atoms with Gasteiger partial charge < -0.3 is 0 Å². The molecular weight excluding hydrogens is 308 g/mol. The molecular formula is C18H28N2O2S. The quantitative estimate of drug-likeness (QED) is 0.849. The second-order valence-corrected chi connectivity index (χ2v) is 9.54. The van der Waals surface area contributed by atoms with Gasteiger partial charge >= 0.3 is 0 Å². The van der Waals surface area contributed by atoms with Gasteiger partial charge in [-0.2, -0.15) is 0 Å². The second kappa shape index (κ2) is 6.54. The monoisotopic (exact) mass is 336 g/mol. The van der Waals surface area contributed by atoms with E-state index in [4.69, 9.17) is 0 Å². The van der Waals surface area contributed by atoms with Crippen LogP contribution < -0.4 is 0 Å². The number of piperidine rings is 1. The minimum absolute atomic E-state index is 0.171. The third kappa shape index (κ3) is 3.78. The highest BCUT2D eigenvalue weighted by Crippen LogP contribution is 2.40. The number of benzene rings is 1. The lowest BCUT2D eigenvalue weighted by atomic mass is 9.79. The van der Waals surface area contributed by atoms with Gasteiger partial charge in [-0.3, -0.25) is 4.90 Å². The fourth-order valence-electron chi connectivity index (χ4n) is 4.16. The van der Waals surface area contributed by atoms with Crippen LogP contribution in [0.5, 0.6) is 0 Å². The third-order valence-corrected chi connectivity index (χ3v) is 7.22. The normalized spacial score (nSPS) is 26.9. The predicted molar refractivity (Wildman–Crippen MR) is 93.8 cm³/mol. The zero-order valence-electron chi connectivity index (χ0n) is 14.3. The molecule has 4 nitrogen and oxygen atoms in total. The molecule has 2 aliphatic heterocycles. The Balaban J connectivity index is 1.67. The van der Waals surface area contributed by atoms with E-state index in [2.05, 4.69) is 36.1 Å². The summed E-state index contributed by atoms with van der Waals surface area (Å²) >= 11 is 0. The summed E-state index contributed by atoms with van der Waals surface area (Å²) in [5, 5.41) is 0. The smallest absolute Gasteiger partial charge is 0.213 e. The van der Waals surface area contributed by atoms with Crippen molar-refractivity contribution < 1.29 is 8.42 Å². The molecule has 0 amide bonds. The average Bonchev–Trinajstić information content (AvgIpc) is 2.91. The molecule has 23 heavy (non-hydrogen) atoms. The largest absolute Gasteiger partial charge is 0.298 e. The Morgan fingerprint density at radius 1 is 1.17 bits per heavy atom. The van der Waals surface area contributed by atoms with Crippen molar-refractivity contribution in [3.63, 3.8) is 0 Å². The molecule has 1 aromatic carbocycles. The molecule has 0 saturated carbocycles. The summed E-state index contributed by atoms with van der Waals surface area (Å²) in [5.41, 5.74) is 2.83. The van der Waals surface area contributed by atoms with Gasteiger partial charge in [0.05, 0.1) is 5.75 Å². The van der Waals surface area contributed by atoms with Gasteiger partial charge in [0, 0.05) is 26.2 Å². The summed E-state index contributed by atoms with van der Waals surface area (Å²) in [5.74, 6) is 0.218. The van der Waals surface area contributed by atoms with Crippen molar-refractivity contribution >= 4 is 10.0 Å². The molecule has 1 aromatic rings. The number of sulfonamides is 1. The maximum atomic E-state index is 12.1. The number of hydrogen-bond donors (Lipinski definition) is 0. The van der Waals surface area contributed by atoms with Crippen molar-refractivity contribution in [3.05, 3.63) is 35.4 Å². The van der Waals surface area contributed by atoms with E-state index < -0.39 is 10.0 Å². The first-order chi connectivity index (χ1) is 10.9. The first-order valence-corrected chi connectivity index (χ1v) is 10.3. The van der Waals surface area contributed by atoms with Crippen molar-refractivity contribution in [2.45, 2.75) is 39.7 Å². The van der Waals surface area contributed by atoms with Crippen molar-refractivity contribution in [3.8, 4) is 0 Å². The standard InChI is InChI=1S/C18H28N2O2S/c1-3-23(21,22)20-11-9-18(15-20)8-5-10-19(14-18)13-17-7-4-6-16(2)12-17/h4,6-7,12H,3,5,8-11,13-15H2,1-2H3/t18-/m1/s1. The van der Waals surface area contributed by atoms with Gasteiger partial charge in [0.1, 0.15) is 0 Å². The molecule has 128 valence electrons. The van der Waals surface area contributed by atoms with Gasteiger partial charge in [-0.1, -0.05) is 29.8 Å². The first-order valence-electron chi connectivity index (χ1n) is 8.68. The maximum absolute atomic E-state index is 12.1. The molecule has 3 rings (SSSR count). The predicted octanol–water partition coefficient (Wildman–Crippen LogP) is 2.63. The highest BCUT2D eigenvalue weighted by atomic mass is 32.2. The van der Waals surface area contributed by atoms with E-state index in [-0.39, 0.29) is 11.2 Å². The Bertz CT molecular complexity index is 659. The van der Waals surface area contributed by atoms with Gasteiger partial charge in [0.2, 0.25) is 10.0 Å². The van der Waals surface area contributed by atoms with Crippen LogP contribution in [-0.4, -0.2) is 49.6 Å². The first kappa shape index (κ1) is 16.9. The summed E-state index contributed by atoms with van der Waals surface area (Å²) in [6.07, 6.45) is 3.34. The lowest BCUT2D eigenvalue weighted by Crippen LogP contribution is -2.45. The Morgan fingerprint density at radius 3 is 2.74 bits per heavy atom. The van der Waals surface area contributed by atoms with Crippen LogP contribution in [0.2, 0.25) is 0 Å². The molecule has 2 heterocycles. The third-order valence-electron chi connectivity index (χ3n) is 5.39. The molecule has 0 N–H and O–H groups in total. The summed E-state index contributed by atoms with van der Waals surface area (Å²) < 4.78 is 26.0. The van der Waals surface area contributed by atoms with Gasteiger partial charge in [-0.25, -0.2) is 12.7 Å². The van der Waals surface area contributed by atoms with Crippen LogP contribution in [0.1, 0.15) is 37.3 Å².